The summed E-state index contributed by atoms with van der Waals surface area (Å²) in [7, 11) is 0. The topological polar surface area (TPSA) is 37.3 Å². The third-order valence-corrected chi connectivity index (χ3v) is 6.79. The number of halogens is 2. The van der Waals surface area contributed by atoms with Gasteiger partial charge >= 0.3 is 0 Å². The van der Waals surface area contributed by atoms with Crippen molar-refractivity contribution < 1.29 is 14.3 Å². The van der Waals surface area contributed by atoms with E-state index in [1.165, 1.54) is 5.56 Å². The Morgan fingerprint density at radius 2 is 2.14 bits per heavy atom. The van der Waals surface area contributed by atoms with Gasteiger partial charge in [-0.25, -0.2) is 4.39 Å². The van der Waals surface area contributed by atoms with Gasteiger partial charge in [0.15, 0.2) is 12.0 Å². The van der Waals surface area contributed by atoms with Crippen molar-refractivity contribution in [1.82, 2.24) is 0 Å². The lowest BCUT2D eigenvalue weighted by atomic mass is 9.55. The minimum atomic E-state index is -1.28. The van der Waals surface area contributed by atoms with Gasteiger partial charge in [-0.1, -0.05) is 18.5 Å². The highest BCUT2D eigenvalue weighted by atomic mass is 35.5. The first-order chi connectivity index (χ1) is 10.4. The molecule has 2 fully saturated rings. The minimum Gasteiger partial charge on any atom is -0.506 e. The van der Waals surface area contributed by atoms with Gasteiger partial charge in [0.2, 0.25) is 0 Å². The molecule has 0 radical (unpaired) electrons. The predicted molar refractivity (Wildman–Crippen MR) is 83.0 cm³/mol. The minimum absolute atomic E-state index is 0.138. The van der Waals surface area contributed by atoms with Gasteiger partial charge in [0.1, 0.15) is 5.75 Å². The lowest BCUT2D eigenvalue weighted by Crippen LogP contribution is -2.42. The maximum absolute atomic E-state index is 14.0. The van der Waals surface area contributed by atoms with E-state index in [1.54, 1.807) is 6.07 Å². The van der Waals surface area contributed by atoms with Crippen LogP contribution in [0, 0.1) is 17.3 Å². The van der Waals surface area contributed by atoms with Gasteiger partial charge in [0.25, 0.3) is 0 Å². The SMILES string of the molecule is C[C@]12CCC3c4cc(Cl)c(O)cc4CCC3C1C[C@H](F)C2=O. The molecule has 5 atom stereocenters. The molecule has 4 heteroatoms. The monoisotopic (exact) mass is 322 g/mol. The molecule has 0 amide bonds. The summed E-state index contributed by atoms with van der Waals surface area (Å²) in [5.41, 5.74) is 1.89. The molecule has 3 unspecified atom stereocenters. The molecule has 4 rings (SSSR count). The summed E-state index contributed by atoms with van der Waals surface area (Å²) in [5, 5.41) is 10.2. The number of fused-ring (bicyclic) bond motifs is 5. The molecule has 0 bridgehead atoms. The van der Waals surface area contributed by atoms with Crippen molar-refractivity contribution in [3.63, 3.8) is 0 Å². The molecule has 22 heavy (non-hydrogen) atoms. The maximum atomic E-state index is 14.0. The first kappa shape index (κ1) is 14.5. The molecule has 3 aliphatic carbocycles. The van der Waals surface area contributed by atoms with Crippen molar-refractivity contribution in [3.05, 3.63) is 28.3 Å². The summed E-state index contributed by atoms with van der Waals surface area (Å²) < 4.78 is 14.0. The smallest absolute Gasteiger partial charge is 0.173 e. The van der Waals surface area contributed by atoms with Gasteiger partial charge in [-0.2, -0.15) is 0 Å². The molecule has 1 N–H and O–H groups in total. The number of carbonyl (C=O) groups is 1. The lowest BCUT2D eigenvalue weighted by molar-refractivity contribution is -0.132. The first-order valence-electron chi connectivity index (χ1n) is 8.11. The Kier molecular flexibility index (Phi) is 3.10. The Labute approximate surface area is 134 Å². The van der Waals surface area contributed by atoms with E-state index in [0.29, 0.717) is 23.3 Å². The van der Waals surface area contributed by atoms with E-state index in [2.05, 4.69) is 0 Å². The van der Waals surface area contributed by atoms with Crippen LogP contribution in [0.2, 0.25) is 5.02 Å². The number of rotatable bonds is 0. The highest BCUT2D eigenvalue weighted by Gasteiger charge is 2.58. The number of benzene rings is 1. The molecule has 2 nitrogen and oxygen atoms in total. The predicted octanol–water partition coefficient (Wildman–Crippen LogP) is 4.42. The normalized spacial score (nSPS) is 40.0. The molecular formula is C18H20ClFO2. The third kappa shape index (κ3) is 1.81. The molecular weight excluding hydrogens is 303 g/mol. The molecule has 0 spiro atoms. The molecule has 0 aliphatic heterocycles. The number of alkyl halides is 1. The van der Waals surface area contributed by atoms with Crippen molar-refractivity contribution in [2.24, 2.45) is 17.3 Å². The standard InChI is InChI=1S/C18H20ClFO2/c1-18-5-4-10-11(13(18)8-15(20)17(18)22)3-2-9-6-16(21)14(19)7-12(9)10/h6-7,10-11,13,15,21H,2-5,8H2,1H3/t10?,11?,13?,15-,18-/m0/s1. The molecule has 2 saturated carbocycles. The second-order valence-electron chi connectivity index (χ2n) is 7.44. The van der Waals surface area contributed by atoms with Crippen molar-refractivity contribution in [1.29, 1.82) is 0 Å². The van der Waals surface area contributed by atoms with Gasteiger partial charge < -0.3 is 5.11 Å². The fourth-order valence-corrected chi connectivity index (χ4v) is 5.50. The number of ketones is 1. The highest BCUT2D eigenvalue weighted by molar-refractivity contribution is 6.32. The van der Waals surface area contributed by atoms with Gasteiger partial charge in [-0.15, -0.1) is 0 Å². The largest absolute Gasteiger partial charge is 0.506 e. The molecule has 0 aromatic heterocycles. The Hall–Kier alpha value is -1.09. The summed E-state index contributed by atoms with van der Waals surface area (Å²) in [6, 6.07) is 3.66. The van der Waals surface area contributed by atoms with Crippen LogP contribution >= 0.6 is 11.6 Å². The number of hydrogen-bond acceptors (Lipinski definition) is 2. The quantitative estimate of drug-likeness (QED) is 0.767. The first-order valence-corrected chi connectivity index (χ1v) is 8.49. The summed E-state index contributed by atoms with van der Waals surface area (Å²) >= 11 is 6.10. The van der Waals surface area contributed by atoms with Crippen LogP contribution in [0.15, 0.2) is 12.1 Å². The van der Waals surface area contributed by atoms with E-state index in [-0.39, 0.29) is 17.5 Å². The maximum Gasteiger partial charge on any atom is 0.173 e. The fraction of sp³-hybridized carbons (Fsp3) is 0.611. The number of phenols is 1. The Balaban J connectivity index is 1.74. The van der Waals surface area contributed by atoms with E-state index >= 15 is 0 Å². The molecule has 118 valence electrons. The van der Waals surface area contributed by atoms with Gasteiger partial charge in [-0.05, 0) is 73.1 Å². The van der Waals surface area contributed by atoms with E-state index in [1.807, 2.05) is 13.0 Å². The number of Topliss-reactive ketones (excluding diaryl/α,β-unsaturated/α-hetero) is 1. The number of aromatic hydroxyl groups is 1. The Morgan fingerprint density at radius 3 is 2.91 bits per heavy atom. The zero-order chi connectivity index (χ0) is 15.6. The zero-order valence-corrected chi connectivity index (χ0v) is 13.4. The van der Waals surface area contributed by atoms with Crippen molar-refractivity contribution in [2.45, 2.75) is 51.1 Å². The fourth-order valence-electron chi connectivity index (χ4n) is 5.33. The zero-order valence-electron chi connectivity index (χ0n) is 12.6. The average molecular weight is 323 g/mol. The summed E-state index contributed by atoms with van der Waals surface area (Å²) in [6.07, 6.45) is 2.62. The molecule has 0 heterocycles. The van der Waals surface area contributed by atoms with Crippen molar-refractivity contribution in [3.8, 4) is 5.75 Å². The van der Waals surface area contributed by atoms with E-state index in [9.17, 15) is 14.3 Å². The number of hydrogen-bond donors (Lipinski definition) is 1. The third-order valence-electron chi connectivity index (χ3n) is 6.49. The van der Waals surface area contributed by atoms with E-state index in [4.69, 9.17) is 11.6 Å². The highest BCUT2D eigenvalue weighted by Crippen LogP contribution is 2.60. The van der Waals surface area contributed by atoms with Gasteiger partial charge in [-0.3, -0.25) is 4.79 Å². The summed E-state index contributed by atoms with van der Waals surface area (Å²) in [6.45, 7) is 1.97. The Morgan fingerprint density at radius 1 is 1.36 bits per heavy atom. The second kappa shape index (κ2) is 4.70. The molecule has 1 aromatic rings. The van der Waals surface area contributed by atoms with Crippen LogP contribution in [-0.4, -0.2) is 17.1 Å². The molecule has 1 aromatic carbocycles. The van der Waals surface area contributed by atoms with Crippen LogP contribution in [-0.2, 0) is 11.2 Å². The molecule has 0 saturated heterocycles. The van der Waals surface area contributed by atoms with Crippen LogP contribution in [0.1, 0.15) is 49.7 Å². The van der Waals surface area contributed by atoms with Gasteiger partial charge in [0, 0.05) is 5.41 Å². The van der Waals surface area contributed by atoms with Gasteiger partial charge in [0.05, 0.1) is 5.02 Å². The van der Waals surface area contributed by atoms with Crippen LogP contribution in [0.3, 0.4) is 0 Å². The lowest BCUT2D eigenvalue weighted by Gasteiger charge is -2.48. The second-order valence-corrected chi connectivity index (χ2v) is 7.85. The summed E-state index contributed by atoms with van der Waals surface area (Å²) in [4.78, 5) is 12.3. The van der Waals surface area contributed by atoms with E-state index in [0.717, 1.165) is 31.2 Å². The number of carbonyl (C=O) groups excluding carboxylic acids is 1. The summed E-state index contributed by atoms with van der Waals surface area (Å²) in [5.74, 6) is 0.814. The van der Waals surface area contributed by atoms with E-state index < -0.39 is 11.6 Å². The van der Waals surface area contributed by atoms with Crippen LogP contribution in [0.5, 0.6) is 5.75 Å². The van der Waals surface area contributed by atoms with Crippen LogP contribution in [0.25, 0.3) is 0 Å². The van der Waals surface area contributed by atoms with Crippen molar-refractivity contribution in [2.75, 3.05) is 0 Å². The molecule has 3 aliphatic rings. The average Bonchev–Trinajstić information content (AvgIpc) is 2.72. The Bertz CT molecular complexity index is 659. The van der Waals surface area contributed by atoms with Crippen LogP contribution < -0.4 is 0 Å². The number of phenolic OH excluding ortho intramolecular Hbond substituents is 1. The number of aryl methyl sites for hydroxylation is 1. The van der Waals surface area contributed by atoms with Crippen LogP contribution in [0.4, 0.5) is 4.39 Å². The van der Waals surface area contributed by atoms with Crippen molar-refractivity contribution >= 4 is 17.4 Å².